The highest BCUT2D eigenvalue weighted by atomic mass is 16.1. The molecule has 1 heterocycles. The van der Waals surface area contributed by atoms with Gasteiger partial charge >= 0.3 is 0 Å². The zero-order chi connectivity index (χ0) is 12.1. The SMILES string of the molecule is CCCC(=O)Nc1ccc(C2=NCCN2)cc1. The fourth-order valence-electron chi connectivity index (χ4n) is 1.75. The quantitative estimate of drug-likeness (QED) is 0.829. The summed E-state index contributed by atoms with van der Waals surface area (Å²) in [6.07, 6.45) is 1.43. The van der Waals surface area contributed by atoms with E-state index in [1.54, 1.807) is 0 Å². The smallest absolute Gasteiger partial charge is 0.224 e. The molecular weight excluding hydrogens is 214 g/mol. The predicted molar refractivity (Wildman–Crippen MR) is 69.4 cm³/mol. The lowest BCUT2D eigenvalue weighted by Crippen LogP contribution is -2.19. The number of amides is 1. The highest BCUT2D eigenvalue weighted by molar-refractivity contribution is 6.00. The van der Waals surface area contributed by atoms with Gasteiger partial charge in [0, 0.05) is 24.2 Å². The number of anilines is 1. The van der Waals surface area contributed by atoms with E-state index in [0.717, 1.165) is 36.6 Å². The average Bonchev–Trinajstić information content (AvgIpc) is 2.84. The van der Waals surface area contributed by atoms with Crippen molar-refractivity contribution in [1.29, 1.82) is 0 Å². The Balaban J connectivity index is 2.00. The first-order valence-corrected chi connectivity index (χ1v) is 5.98. The van der Waals surface area contributed by atoms with E-state index in [-0.39, 0.29) is 5.91 Å². The zero-order valence-corrected chi connectivity index (χ0v) is 9.99. The largest absolute Gasteiger partial charge is 0.368 e. The number of carbonyl (C=O) groups is 1. The van der Waals surface area contributed by atoms with Crippen molar-refractivity contribution in [3.63, 3.8) is 0 Å². The number of amidine groups is 1. The summed E-state index contributed by atoms with van der Waals surface area (Å²) in [5.41, 5.74) is 1.90. The Morgan fingerprint density at radius 3 is 2.76 bits per heavy atom. The first kappa shape index (κ1) is 11.6. The third-order valence-corrected chi connectivity index (χ3v) is 2.59. The van der Waals surface area contributed by atoms with Crippen LogP contribution in [0.1, 0.15) is 25.3 Å². The van der Waals surface area contributed by atoms with Gasteiger partial charge in [0.2, 0.25) is 5.91 Å². The standard InChI is InChI=1S/C13H17N3O/c1-2-3-12(17)16-11-6-4-10(5-7-11)13-14-8-9-15-13/h4-7H,2-3,8-9H2,1H3,(H,14,15)(H,16,17). The van der Waals surface area contributed by atoms with E-state index in [1.807, 2.05) is 31.2 Å². The number of nitrogens with one attached hydrogen (secondary N) is 2. The number of aliphatic imine (C=N–C) groups is 1. The minimum absolute atomic E-state index is 0.0663. The molecule has 0 saturated carbocycles. The van der Waals surface area contributed by atoms with Crippen LogP contribution in [0.4, 0.5) is 5.69 Å². The van der Waals surface area contributed by atoms with Crippen LogP contribution in [0.5, 0.6) is 0 Å². The van der Waals surface area contributed by atoms with Crippen LogP contribution < -0.4 is 10.6 Å². The van der Waals surface area contributed by atoms with Crippen molar-refractivity contribution in [1.82, 2.24) is 5.32 Å². The fourth-order valence-corrected chi connectivity index (χ4v) is 1.75. The van der Waals surface area contributed by atoms with E-state index in [9.17, 15) is 4.79 Å². The van der Waals surface area contributed by atoms with Crippen LogP contribution in [0.3, 0.4) is 0 Å². The molecule has 17 heavy (non-hydrogen) atoms. The number of hydrogen-bond donors (Lipinski definition) is 2. The first-order chi connectivity index (χ1) is 8.29. The van der Waals surface area contributed by atoms with E-state index in [0.29, 0.717) is 6.42 Å². The Labute approximate surface area is 101 Å². The second kappa shape index (κ2) is 5.48. The van der Waals surface area contributed by atoms with E-state index in [2.05, 4.69) is 15.6 Å². The second-order valence-corrected chi connectivity index (χ2v) is 4.03. The second-order valence-electron chi connectivity index (χ2n) is 4.03. The summed E-state index contributed by atoms with van der Waals surface area (Å²) in [6.45, 7) is 3.74. The van der Waals surface area contributed by atoms with E-state index < -0.39 is 0 Å². The van der Waals surface area contributed by atoms with Crippen molar-refractivity contribution in [3.8, 4) is 0 Å². The third-order valence-electron chi connectivity index (χ3n) is 2.59. The molecule has 0 atom stereocenters. The molecule has 0 fully saturated rings. The minimum Gasteiger partial charge on any atom is -0.368 e. The molecule has 1 aromatic rings. The van der Waals surface area contributed by atoms with Gasteiger partial charge in [0.1, 0.15) is 5.84 Å². The van der Waals surface area contributed by atoms with Gasteiger partial charge in [0.15, 0.2) is 0 Å². The van der Waals surface area contributed by atoms with Crippen LogP contribution >= 0.6 is 0 Å². The fraction of sp³-hybridized carbons (Fsp3) is 0.385. The van der Waals surface area contributed by atoms with Gasteiger partial charge in [-0.05, 0) is 30.7 Å². The third kappa shape index (κ3) is 3.06. The van der Waals surface area contributed by atoms with Crippen LogP contribution in [0, 0.1) is 0 Å². The topological polar surface area (TPSA) is 53.5 Å². The first-order valence-electron chi connectivity index (χ1n) is 5.98. The van der Waals surface area contributed by atoms with Gasteiger partial charge in [0.25, 0.3) is 0 Å². The molecule has 0 spiro atoms. The monoisotopic (exact) mass is 231 g/mol. The van der Waals surface area contributed by atoms with Gasteiger partial charge in [-0.15, -0.1) is 0 Å². The van der Waals surface area contributed by atoms with Crippen LogP contribution in [-0.2, 0) is 4.79 Å². The molecule has 0 radical (unpaired) electrons. The van der Waals surface area contributed by atoms with Crippen LogP contribution in [0.25, 0.3) is 0 Å². The molecule has 1 aliphatic heterocycles. The van der Waals surface area contributed by atoms with Gasteiger partial charge in [-0.2, -0.15) is 0 Å². The average molecular weight is 231 g/mol. The lowest BCUT2D eigenvalue weighted by molar-refractivity contribution is -0.116. The summed E-state index contributed by atoms with van der Waals surface area (Å²) in [4.78, 5) is 15.8. The molecule has 4 nitrogen and oxygen atoms in total. The molecule has 1 amide bonds. The maximum atomic E-state index is 11.4. The van der Waals surface area contributed by atoms with Gasteiger partial charge in [-0.1, -0.05) is 6.92 Å². The molecule has 0 aromatic heterocycles. The van der Waals surface area contributed by atoms with Crippen molar-refractivity contribution in [2.24, 2.45) is 4.99 Å². The Morgan fingerprint density at radius 1 is 1.41 bits per heavy atom. The van der Waals surface area contributed by atoms with Crippen molar-refractivity contribution in [3.05, 3.63) is 29.8 Å². The summed E-state index contributed by atoms with van der Waals surface area (Å²) in [5.74, 6) is 1.01. The lowest BCUT2D eigenvalue weighted by atomic mass is 10.2. The highest BCUT2D eigenvalue weighted by Crippen LogP contribution is 2.11. The Bertz CT molecular complexity index is 423. The summed E-state index contributed by atoms with van der Waals surface area (Å²) in [6, 6.07) is 7.76. The van der Waals surface area contributed by atoms with Crippen molar-refractivity contribution in [2.45, 2.75) is 19.8 Å². The normalized spacial score (nSPS) is 14.1. The van der Waals surface area contributed by atoms with Crippen molar-refractivity contribution < 1.29 is 4.79 Å². The number of carbonyl (C=O) groups excluding carboxylic acids is 1. The highest BCUT2D eigenvalue weighted by Gasteiger charge is 2.07. The summed E-state index contributed by atoms with van der Waals surface area (Å²) in [7, 11) is 0. The Kier molecular flexibility index (Phi) is 3.75. The maximum Gasteiger partial charge on any atom is 0.224 e. The molecule has 0 bridgehead atoms. The van der Waals surface area contributed by atoms with Crippen LogP contribution in [0.15, 0.2) is 29.3 Å². The molecule has 1 aliphatic rings. The molecule has 0 aliphatic carbocycles. The zero-order valence-electron chi connectivity index (χ0n) is 9.99. The molecule has 2 N–H and O–H groups in total. The maximum absolute atomic E-state index is 11.4. The van der Waals surface area contributed by atoms with E-state index in [4.69, 9.17) is 0 Å². The van der Waals surface area contributed by atoms with Crippen molar-refractivity contribution >= 4 is 17.4 Å². The van der Waals surface area contributed by atoms with Gasteiger partial charge < -0.3 is 10.6 Å². The van der Waals surface area contributed by atoms with E-state index >= 15 is 0 Å². The molecule has 2 rings (SSSR count). The molecule has 4 heteroatoms. The van der Waals surface area contributed by atoms with E-state index in [1.165, 1.54) is 0 Å². The minimum atomic E-state index is 0.0663. The lowest BCUT2D eigenvalue weighted by Gasteiger charge is -2.06. The molecule has 1 aromatic carbocycles. The van der Waals surface area contributed by atoms with Crippen LogP contribution in [-0.4, -0.2) is 24.8 Å². The number of hydrogen-bond acceptors (Lipinski definition) is 3. The Hall–Kier alpha value is -1.84. The summed E-state index contributed by atoms with van der Waals surface area (Å²) >= 11 is 0. The Morgan fingerprint density at radius 2 is 2.18 bits per heavy atom. The summed E-state index contributed by atoms with van der Waals surface area (Å²) in [5, 5.41) is 6.08. The summed E-state index contributed by atoms with van der Waals surface area (Å²) < 4.78 is 0. The molecule has 90 valence electrons. The van der Waals surface area contributed by atoms with Gasteiger partial charge in [-0.3, -0.25) is 9.79 Å². The van der Waals surface area contributed by atoms with Gasteiger partial charge in [0.05, 0.1) is 6.54 Å². The van der Waals surface area contributed by atoms with Crippen molar-refractivity contribution in [2.75, 3.05) is 18.4 Å². The molecular formula is C13H17N3O. The van der Waals surface area contributed by atoms with Crippen LogP contribution in [0.2, 0.25) is 0 Å². The molecule has 0 unspecified atom stereocenters. The predicted octanol–water partition coefficient (Wildman–Crippen LogP) is 1.77. The number of rotatable bonds is 4. The number of nitrogens with zero attached hydrogens (tertiary/aromatic N) is 1. The molecule has 0 saturated heterocycles. The number of benzene rings is 1. The van der Waals surface area contributed by atoms with Gasteiger partial charge in [-0.25, -0.2) is 0 Å².